The highest BCUT2D eigenvalue weighted by molar-refractivity contribution is 7.80. The summed E-state index contributed by atoms with van der Waals surface area (Å²) in [6, 6.07) is 8.44. The highest BCUT2D eigenvalue weighted by Gasteiger charge is 2.34. The second-order valence-electron chi connectivity index (χ2n) is 6.03. The summed E-state index contributed by atoms with van der Waals surface area (Å²) in [6.07, 6.45) is 5.44. The van der Waals surface area contributed by atoms with Gasteiger partial charge >= 0.3 is 0 Å². The summed E-state index contributed by atoms with van der Waals surface area (Å²) in [7, 11) is 0. The van der Waals surface area contributed by atoms with Crippen molar-refractivity contribution in [3.8, 4) is 5.75 Å². The van der Waals surface area contributed by atoms with Crippen LogP contribution < -0.4 is 4.74 Å². The van der Waals surface area contributed by atoms with Crippen molar-refractivity contribution < 1.29 is 4.74 Å². The van der Waals surface area contributed by atoms with Gasteiger partial charge in [-0.2, -0.15) is 12.6 Å². The Kier molecular flexibility index (Phi) is 4.04. The fourth-order valence-corrected chi connectivity index (χ4v) is 3.90. The lowest BCUT2D eigenvalue weighted by Gasteiger charge is -2.33. The number of nitrogens with zero attached hydrogens (tertiary/aromatic N) is 1. The number of para-hydroxylation sites is 1. The van der Waals surface area contributed by atoms with E-state index in [1.165, 1.54) is 37.8 Å². The minimum Gasteiger partial charge on any atom is -0.492 e. The molecule has 0 amide bonds. The Bertz CT molecular complexity index is 429. The van der Waals surface area contributed by atoms with Crippen molar-refractivity contribution in [1.29, 1.82) is 0 Å². The van der Waals surface area contributed by atoms with E-state index in [1.807, 2.05) is 0 Å². The second kappa shape index (κ2) is 5.76. The van der Waals surface area contributed by atoms with Crippen molar-refractivity contribution in [3.05, 3.63) is 29.8 Å². The van der Waals surface area contributed by atoms with Gasteiger partial charge in [0.1, 0.15) is 12.4 Å². The molecule has 2 aliphatic rings. The average Bonchev–Trinajstić information content (AvgIpc) is 2.80. The van der Waals surface area contributed by atoms with Crippen LogP contribution in [0.25, 0.3) is 0 Å². The van der Waals surface area contributed by atoms with Crippen molar-refractivity contribution in [2.45, 2.75) is 32.2 Å². The molecule has 1 saturated carbocycles. The zero-order chi connectivity index (χ0) is 13.1. The molecule has 3 heteroatoms. The van der Waals surface area contributed by atoms with Gasteiger partial charge < -0.3 is 4.74 Å². The molecule has 0 saturated heterocycles. The van der Waals surface area contributed by atoms with Crippen molar-refractivity contribution >= 4 is 12.6 Å². The average molecular weight is 277 g/mol. The predicted molar refractivity (Wildman–Crippen MR) is 82.0 cm³/mol. The van der Waals surface area contributed by atoms with Crippen molar-refractivity contribution in [1.82, 2.24) is 4.90 Å². The minimum atomic E-state index is 0.447. The van der Waals surface area contributed by atoms with E-state index < -0.39 is 0 Å². The van der Waals surface area contributed by atoms with E-state index in [4.69, 9.17) is 4.74 Å². The van der Waals surface area contributed by atoms with Gasteiger partial charge in [-0.15, -0.1) is 0 Å². The molecule has 0 unspecified atom stereocenters. The molecule has 1 aromatic rings. The Morgan fingerprint density at radius 1 is 1.21 bits per heavy atom. The Hall–Kier alpha value is -0.670. The van der Waals surface area contributed by atoms with E-state index >= 15 is 0 Å². The van der Waals surface area contributed by atoms with Crippen LogP contribution in [-0.2, 0) is 6.54 Å². The number of thiol groups is 1. The summed E-state index contributed by atoms with van der Waals surface area (Å²) < 4.78 is 5.85. The smallest absolute Gasteiger partial charge is 0.123 e. The molecule has 1 aliphatic carbocycles. The summed E-state index contributed by atoms with van der Waals surface area (Å²) in [5, 5.41) is 0. The van der Waals surface area contributed by atoms with E-state index in [-0.39, 0.29) is 0 Å². The first-order valence-corrected chi connectivity index (χ1v) is 7.99. The summed E-state index contributed by atoms with van der Waals surface area (Å²) in [5.74, 6) is 2.09. The number of rotatable bonds is 3. The largest absolute Gasteiger partial charge is 0.492 e. The van der Waals surface area contributed by atoms with E-state index in [0.717, 1.165) is 31.2 Å². The molecule has 19 heavy (non-hydrogen) atoms. The fourth-order valence-electron chi connectivity index (χ4n) is 3.48. The maximum atomic E-state index is 5.85. The van der Waals surface area contributed by atoms with Gasteiger partial charge in [0.15, 0.2) is 0 Å². The van der Waals surface area contributed by atoms with Gasteiger partial charge in [-0.3, -0.25) is 4.90 Å². The number of fused-ring (bicyclic) bond motifs is 1. The lowest BCUT2D eigenvalue weighted by Crippen LogP contribution is -2.38. The van der Waals surface area contributed by atoms with Crippen LogP contribution in [0.3, 0.4) is 0 Å². The molecule has 0 bridgehead atoms. The van der Waals surface area contributed by atoms with Gasteiger partial charge in [0.05, 0.1) is 0 Å². The summed E-state index contributed by atoms with van der Waals surface area (Å²) in [5.41, 5.74) is 1.77. The molecule has 1 aromatic carbocycles. The number of hydrogen-bond acceptors (Lipinski definition) is 3. The molecule has 0 radical (unpaired) electrons. The van der Waals surface area contributed by atoms with Gasteiger partial charge in [-0.1, -0.05) is 31.0 Å². The van der Waals surface area contributed by atoms with Gasteiger partial charge in [0.2, 0.25) is 0 Å². The third-order valence-corrected chi connectivity index (χ3v) is 5.26. The molecule has 2 nitrogen and oxygen atoms in total. The summed E-state index contributed by atoms with van der Waals surface area (Å²) in [6.45, 7) is 4.03. The number of benzene rings is 1. The van der Waals surface area contributed by atoms with Gasteiger partial charge in [-0.05, 0) is 30.1 Å². The highest BCUT2D eigenvalue weighted by Crippen LogP contribution is 2.40. The Balaban J connectivity index is 1.72. The third-order valence-electron chi connectivity index (χ3n) is 4.59. The van der Waals surface area contributed by atoms with Gasteiger partial charge in [0, 0.05) is 25.2 Å². The first-order chi connectivity index (χ1) is 9.31. The molecule has 0 atom stereocenters. The molecule has 0 aromatic heterocycles. The van der Waals surface area contributed by atoms with Crippen LogP contribution in [0, 0.1) is 5.41 Å². The molecule has 104 valence electrons. The Morgan fingerprint density at radius 2 is 2.00 bits per heavy atom. The quantitative estimate of drug-likeness (QED) is 0.851. The summed E-state index contributed by atoms with van der Waals surface area (Å²) >= 11 is 4.63. The van der Waals surface area contributed by atoms with Gasteiger partial charge in [-0.25, -0.2) is 0 Å². The standard InChI is InChI=1S/C16H23NOS/c19-13-16(7-3-4-8-16)12-17-9-10-18-15-6-2-1-5-14(15)11-17/h1-2,5-6,19H,3-4,7-13H2. The molecular formula is C16H23NOS. The molecule has 1 aliphatic heterocycles. The zero-order valence-electron chi connectivity index (χ0n) is 11.5. The molecule has 0 spiro atoms. The van der Waals surface area contributed by atoms with E-state index in [0.29, 0.717) is 5.41 Å². The first-order valence-electron chi connectivity index (χ1n) is 7.35. The molecule has 0 N–H and O–H groups in total. The van der Waals surface area contributed by atoms with Crippen LogP contribution in [0.5, 0.6) is 5.75 Å². The minimum absolute atomic E-state index is 0.447. The Morgan fingerprint density at radius 3 is 2.79 bits per heavy atom. The van der Waals surface area contributed by atoms with Crippen LogP contribution in [0.2, 0.25) is 0 Å². The number of hydrogen-bond donors (Lipinski definition) is 1. The third kappa shape index (κ3) is 2.92. The second-order valence-corrected chi connectivity index (χ2v) is 6.35. The van der Waals surface area contributed by atoms with Crippen LogP contribution >= 0.6 is 12.6 Å². The molecular weight excluding hydrogens is 254 g/mol. The van der Waals surface area contributed by atoms with Gasteiger partial charge in [0.25, 0.3) is 0 Å². The van der Waals surface area contributed by atoms with E-state index in [1.54, 1.807) is 0 Å². The van der Waals surface area contributed by atoms with Crippen LogP contribution in [0.15, 0.2) is 24.3 Å². The van der Waals surface area contributed by atoms with Crippen molar-refractivity contribution in [2.75, 3.05) is 25.4 Å². The van der Waals surface area contributed by atoms with Crippen LogP contribution in [0.4, 0.5) is 0 Å². The van der Waals surface area contributed by atoms with Crippen molar-refractivity contribution in [2.24, 2.45) is 5.41 Å². The van der Waals surface area contributed by atoms with E-state index in [9.17, 15) is 0 Å². The van der Waals surface area contributed by atoms with Crippen molar-refractivity contribution in [3.63, 3.8) is 0 Å². The molecule has 1 fully saturated rings. The van der Waals surface area contributed by atoms with E-state index in [2.05, 4.69) is 41.8 Å². The maximum Gasteiger partial charge on any atom is 0.123 e. The predicted octanol–water partition coefficient (Wildman–Crippen LogP) is 3.37. The van der Waals surface area contributed by atoms with Crippen LogP contribution in [0.1, 0.15) is 31.2 Å². The van der Waals surface area contributed by atoms with Crippen LogP contribution in [-0.4, -0.2) is 30.3 Å². The monoisotopic (exact) mass is 277 g/mol. The zero-order valence-corrected chi connectivity index (χ0v) is 12.4. The maximum absolute atomic E-state index is 5.85. The lowest BCUT2D eigenvalue weighted by atomic mass is 9.87. The number of ether oxygens (including phenoxy) is 1. The highest BCUT2D eigenvalue weighted by atomic mass is 32.1. The molecule has 1 heterocycles. The lowest BCUT2D eigenvalue weighted by molar-refractivity contribution is 0.153. The topological polar surface area (TPSA) is 12.5 Å². The Labute approximate surface area is 121 Å². The normalized spacial score (nSPS) is 22.6. The SMILES string of the molecule is SCC1(CN2CCOc3ccccc3C2)CCCC1. The molecule has 3 rings (SSSR count). The summed E-state index contributed by atoms with van der Waals surface area (Å²) in [4.78, 5) is 2.56. The fraction of sp³-hybridized carbons (Fsp3) is 0.625. The first kappa shape index (κ1) is 13.3.